The van der Waals surface area contributed by atoms with E-state index in [1.165, 1.54) is 12.1 Å². The maximum atomic E-state index is 11.9. The highest BCUT2D eigenvalue weighted by molar-refractivity contribution is 5.93. The number of amides is 1. The van der Waals surface area contributed by atoms with Crippen LogP contribution in [0.1, 0.15) is 12.0 Å². The van der Waals surface area contributed by atoms with E-state index in [1.807, 2.05) is 12.1 Å². The van der Waals surface area contributed by atoms with Gasteiger partial charge in [0.1, 0.15) is 5.69 Å². The minimum absolute atomic E-state index is 0.113. The predicted octanol–water partition coefficient (Wildman–Crippen LogP) is 2.75. The number of nitrogen functional groups attached to an aromatic ring is 1. The van der Waals surface area contributed by atoms with Crippen LogP contribution in [0.2, 0.25) is 0 Å². The standard InChI is InChI=1S/C15H15N3O3/c16-12-8-5-11(6-9-12)7-10-15(19)17-13-3-1-2-4-14(13)18(20)21/h1-6,8-9H,7,10,16H2,(H,17,19). The van der Waals surface area contributed by atoms with Crippen molar-refractivity contribution in [3.63, 3.8) is 0 Å². The van der Waals surface area contributed by atoms with Crippen molar-refractivity contribution in [2.45, 2.75) is 12.8 Å². The molecule has 3 N–H and O–H groups in total. The predicted molar refractivity (Wildman–Crippen MR) is 80.9 cm³/mol. The van der Waals surface area contributed by atoms with Crippen molar-refractivity contribution in [3.05, 3.63) is 64.2 Å². The quantitative estimate of drug-likeness (QED) is 0.501. The highest BCUT2D eigenvalue weighted by atomic mass is 16.6. The van der Waals surface area contributed by atoms with Crippen LogP contribution in [0.25, 0.3) is 0 Å². The largest absolute Gasteiger partial charge is 0.399 e. The van der Waals surface area contributed by atoms with E-state index in [0.717, 1.165) is 5.56 Å². The van der Waals surface area contributed by atoms with Crippen LogP contribution in [-0.4, -0.2) is 10.8 Å². The lowest BCUT2D eigenvalue weighted by atomic mass is 10.1. The van der Waals surface area contributed by atoms with Crippen LogP contribution in [0.15, 0.2) is 48.5 Å². The van der Waals surface area contributed by atoms with Crippen LogP contribution in [0, 0.1) is 10.1 Å². The summed E-state index contributed by atoms with van der Waals surface area (Å²) in [7, 11) is 0. The molecule has 0 atom stereocenters. The van der Waals surface area contributed by atoms with E-state index < -0.39 is 4.92 Å². The lowest BCUT2D eigenvalue weighted by molar-refractivity contribution is -0.383. The second kappa shape index (κ2) is 6.51. The lowest BCUT2D eigenvalue weighted by Crippen LogP contribution is -2.13. The number of nitrogens with two attached hydrogens (primary N) is 1. The summed E-state index contributed by atoms with van der Waals surface area (Å²) in [5, 5.41) is 13.4. The number of hydrogen-bond donors (Lipinski definition) is 2. The third-order valence-corrected chi connectivity index (χ3v) is 3.00. The third kappa shape index (κ3) is 4.04. The summed E-state index contributed by atoms with van der Waals surface area (Å²) in [5.41, 5.74) is 7.34. The summed E-state index contributed by atoms with van der Waals surface area (Å²) in [6.07, 6.45) is 0.794. The summed E-state index contributed by atoms with van der Waals surface area (Å²) in [5.74, 6) is -0.263. The minimum Gasteiger partial charge on any atom is -0.399 e. The van der Waals surface area contributed by atoms with Gasteiger partial charge >= 0.3 is 0 Å². The van der Waals surface area contributed by atoms with Crippen molar-refractivity contribution < 1.29 is 9.72 Å². The number of carbonyl (C=O) groups is 1. The average Bonchev–Trinajstić information content (AvgIpc) is 2.47. The molecule has 0 heterocycles. The second-order valence-electron chi connectivity index (χ2n) is 4.56. The Morgan fingerprint density at radius 1 is 1.14 bits per heavy atom. The van der Waals surface area contributed by atoms with Gasteiger partial charge in [0.2, 0.25) is 5.91 Å². The molecule has 0 bridgehead atoms. The minimum atomic E-state index is -0.518. The summed E-state index contributed by atoms with van der Waals surface area (Å²) in [6.45, 7) is 0. The maximum absolute atomic E-state index is 11.9. The SMILES string of the molecule is Nc1ccc(CCC(=O)Nc2ccccc2[N+](=O)[O-])cc1. The molecule has 2 aromatic rings. The van der Waals surface area contributed by atoms with Crippen LogP contribution in [0.3, 0.4) is 0 Å². The van der Waals surface area contributed by atoms with E-state index in [0.29, 0.717) is 12.1 Å². The van der Waals surface area contributed by atoms with Crippen molar-refractivity contribution >= 4 is 23.0 Å². The van der Waals surface area contributed by atoms with Gasteiger partial charge in [-0.3, -0.25) is 14.9 Å². The molecule has 0 spiro atoms. The molecule has 0 saturated heterocycles. The molecule has 108 valence electrons. The van der Waals surface area contributed by atoms with Crippen molar-refractivity contribution in [2.24, 2.45) is 0 Å². The molecule has 0 aromatic heterocycles. The number of nitro benzene ring substituents is 1. The number of nitro groups is 1. The van der Waals surface area contributed by atoms with Gasteiger partial charge in [-0.25, -0.2) is 0 Å². The first-order valence-corrected chi connectivity index (χ1v) is 6.44. The Hall–Kier alpha value is -2.89. The van der Waals surface area contributed by atoms with Crippen molar-refractivity contribution in [2.75, 3.05) is 11.1 Å². The van der Waals surface area contributed by atoms with Gasteiger partial charge in [-0.1, -0.05) is 24.3 Å². The fourth-order valence-electron chi connectivity index (χ4n) is 1.89. The molecule has 21 heavy (non-hydrogen) atoms. The smallest absolute Gasteiger partial charge is 0.292 e. The molecule has 0 aliphatic heterocycles. The van der Waals surface area contributed by atoms with Crippen LogP contribution in [0.4, 0.5) is 17.1 Å². The fraction of sp³-hybridized carbons (Fsp3) is 0.133. The number of nitrogens with zero attached hydrogens (tertiary/aromatic N) is 1. The number of nitrogens with one attached hydrogen (secondary N) is 1. The number of rotatable bonds is 5. The summed E-state index contributed by atoms with van der Waals surface area (Å²) in [6, 6.07) is 13.3. The third-order valence-electron chi connectivity index (χ3n) is 3.00. The van der Waals surface area contributed by atoms with E-state index in [2.05, 4.69) is 5.32 Å². The molecular weight excluding hydrogens is 270 g/mol. The van der Waals surface area contributed by atoms with Crippen molar-refractivity contribution in [3.8, 4) is 0 Å². The zero-order valence-corrected chi connectivity index (χ0v) is 11.3. The number of anilines is 2. The van der Waals surface area contributed by atoms with Crippen LogP contribution in [0.5, 0.6) is 0 Å². The molecular formula is C15H15N3O3. The van der Waals surface area contributed by atoms with Crippen molar-refractivity contribution in [1.82, 2.24) is 0 Å². The number of aryl methyl sites for hydroxylation is 1. The zero-order chi connectivity index (χ0) is 15.2. The normalized spacial score (nSPS) is 10.1. The van der Waals surface area contributed by atoms with Gasteiger partial charge in [0.05, 0.1) is 4.92 Å². The van der Waals surface area contributed by atoms with Gasteiger partial charge in [-0.05, 0) is 30.2 Å². The molecule has 0 saturated carbocycles. The van der Waals surface area contributed by atoms with Crippen LogP contribution in [-0.2, 0) is 11.2 Å². The Morgan fingerprint density at radius 3 is 2.48 bits per heavy atom. The number of hydrogen-bond acceptors (Lipinski definition) is 4. The number of para-hydroxylation sites is 2. The van der Waals surface area contributed by atoms with E-state index >= 15 is 0 Å². The Bertz CT molecular complexity index is 653. The Morgan fingerprint density at radius 2 is 1.81 bits per heavy atom. The molecule has 0 unspecified atom stereocenters. The van der Waals surface area contributed by atoms with E-state index in [-0.39, 0.29) is 23.7 Å². The zero-order valence-electron chi connectivity index (χ0n) is 11.3. The summed E-state index contributed by atoms with van der Waals surface area (Å²) < 4.78 is 0. The summed E-state index contributed by atoms with van der Waals surface area (Å²) >= 11 is 0. The number of carbonyl (C=O) groups excluding carboxylic acids is 1. The molecule has 0 radical (unpaired) electrons. The van der Waals surface area contributed by atoms with Gasteiger partial charge in [0.15, 0.2) is 0 Å². The first-order valence-electron chi connectivity index (χ1n) is 6.44. The molecule has 0 fully saturated rings. The fourth-order valence-corrected chi connectivity index (χ4v) is 1.89. The lowest BCUT2D eigenvalue weighted by Gasteiger charge is -2.06. The second-order valence-corrected chi connectivity index (χ2v) is 4.56. The first kappa shape index (κ1) is 14.5. The maximum Gasteiger partial charge on any atom is 0.292 e. The Labute approximate surface area is 121 Å². The molecule has 6 heteroatoms. The van der Waals surface area contributed by atoms with Crippen molar-refractivity contribution in [1.29, 1.82) is 0 Å². The first-order chi connectivity index (χ1) is 10.1. The average molecular weight is 285 g/mol. The molecule has 2 rings (SSSR count). The topological polar surface area (TPSA) is 98.3 Å². The molecule has 1 amide bonds. The van der Waals surface area contributed by atoms with Gasteiger partial charge in [-0.15, -0.1) is 0 Å². The van der Waals surface area contributed by atoms with E-state index in [9.17, 15) is 14.9 Å². The molecule has 0 aliphatic rings. The highest BCUT2D eigenvalue weighted by Gasteiger charge is 2.14. The van der Waals surface area contributed by atoms with Gasteiger partial charge < -0.3 is 11.1 Å². The van der Waals surface area contributed by atoms with Gasteiger partial charge in [0, 0.05) is 18.2 Å². The van der Waals surface area contributed by atoms with E-state index in [1.54, 1.807) is 24.3 Å². The Balaban J connectivity index is 1.96. The van der Waals surface area contributed by atoms with Crippen LogP contribution < -0.4 is 11.1 Å². The monoisotopic (exact) mass is 285 g/mol. The van der Waals surface area contributed by atoms with Gasteiger partial charge in [-0.2, -0.15) is 0 Å². The Kier molecular flexibility index (Phi) is 4.50. The molecule has 2 aromatic carbocycles. The molecule has 0 aliphatic carbocycles. The molecule has 6 nitrogen and oxygen atoms in total. The van der Waals surface area contributed by atoms with Crippen LogP contribution >= 0.6 is 0 Å². The van der Waals surface area contributed by atoms with Gasteiger partial charge in [0.25, 0.3) is 5.69 Å². The highest BCUT2D eigenvalue weighted by Crippen LogP contribution is 2.23. The number of benzene rings is 2. The summed E-state index contributed by atoms with van der Waals surface area (Å²) in [4.78, 5) is 22.2. The van der Waals surface area contributed by atoms with E-state index in [4.69, 9.17) is 5.73 Å².